The summed E-state index contributed by atoms with van der Waals surface area (Å²) in [5, 5.41) is 20.6. The van der Waals surface area contributed by atoms with Gasteiger partial charge in [-0.15, -0.1) is 11.8 Å². The van der Waals surface area contributed by atoms with Crippen LogP contribution in [0.15, 0.2) is 53.4 Å². The molecule has 0 saturated heterocycles. The summed E-state index contributed by atoms with van der Waals surface area (Å²) in [5.74, 6) is 0.676. The summed E-state index contributed by atoms with van der Waals surface area (Å²) in [7, 11) is 0. The quantitative estimate of drug-likeness (QED) is 0.514. The first-order valence-corrected chi connectivity index (χ1v) is 7.19. The van der Waals surface area contributed by atoms with Gasteiger partial charge in [-0.2, -0.15) is 0 Å². The molecule has 104 valence electrons. The van der Waals surface area contributed by atoms with Gasteiger partial charge in [-0.25, -0.2) is 0 Å². The Morgan fingerprint density at radius 2 is 1.95 bits per heavy atom. The molecule has 1 N–H and O–H groups in total. The molecule has 0 aliphatic heterocycles. The Labute approximate surface area is 121 Å². The van der Waals surface area contributed by atoms with E-state index >= 15 is 0 Å². The zero-order chi connectivity index (χ0) is 14.5. The molecule has 1 atom stereocenters. The highest BCUT2D eigenvalue weighted by Gasteiger charge is 2.16. The third-order valence-electron chi connectivity index (χ3n) is 2.90. The maximum absolute atomic E-state index is 11.1. The van der Waals surface area contributed by atoms with E-state index in [9.17, 15) is 15.2 Å². The van der Waals surface area contributed by atoms with Crippen LogP contribution in [-0.2, 0) is 5.75 Å². The minimum Gasteiger partial charge on any atom is -0.389 e. The van der Waals surface area contributed by atoms with Crippen LogP contribution in [0.1, 0.15) is 24.2 Å². The van der Waals surface area contributed by atoms with Gasteiger partial charge in [0.15, 0.2) is 0 Å². The lowest BCUT2D eigenvalue weighted by Crippen LogP contribution is -1.96. The molecular formula is C15H15NO3S. The summed E-state index contributed by atoms with van der Waals surface area (Å²) in [6.45, 7) is 1.59. The molecular weight excluding hydrogens is 274 g/mol. The van der Waals surface area contributed by atoms with Gasteiger partial charge >= 0.3 is 0 Å². The molecule has 5 heteroatoms. The number of thioether (sulfide) groups is 1. The van der Waals surface area contributed by atoms with Crippen LogP contribution in [-0.4, -0.2) is 10.0 Å². The molecule has 2 rings (SSSR count). The van der Waals surface area contributed by atoms with Crippen molar-refractivity contribution in [1.82, 2.24) is 0 Å². The number of hydrogen-bond acceptors (Lipinski definition) is 4. The molecule has 0 saturated carbocycles. The van der Waals surface area contributed by atoms with Crippen LogP contribution in [0.3, 0.4) is 0 Å². The molecule has 2 aromatic rings. The Balaban J connectivity index is 2.21. The topological polar surface area (TPSA) is 63.4 Å². The van der Waals surface area contributed by atoms with Crippen molar-refractivity contribution < 1.29 is 10.0 Å². The molecule has 0 spiro atoms. The van der Waals surface area contributed by atoms with Gasteiger partial charge < -0.3 is 5.11 Å². The first kappa shape index (κ1) is 14.6. The molecule has 0 amide bonds. The van der Waals surface area contributed by atoms with Crippen molar-refractivity contribution in [3.05, 3.63) is 69.8 Å². The smallest absolute Gasteiger partial charge is 0.283 e. The second-order valence-electron chi connectivity index (χ2n) is 4.43. The van der Waals surface area contributed by atoms with E-state index in [2.05, 4.69) is 0 Å². The number of aliphatic hydroxyl groups is 1. The van der Waals surface area contributed by atoms with Crippen LogP contribution in [0.2, 0.25) is 0 Å². The van der Waals surface area contributed by atoms with E-state index in [1.165, 1.54) is 17.8 Å². The average molecular weight is 289 g/mol. The number of nitro benzene ring substituents is 1. The first-order valence-electron chi connectivity index (χ1n) is 6.21. The predicted molar refractivity (Wildman–Crippen MR) is 79.7 cm³/mol. The highest BCUT2D eigenvalue weighted by atomic mass is 32.2. The van der Waals surface area contributed by atoms with Gasteiger partial charge in [0.05, 0.1) is 15.9 Å². The summed E-state index contributed by atoms with van der Waals surface area (Å²) in [5.41, 5.74) is 1.72. The largest absolute Gasteiger partial charge is 0.389 e. The van der Waals surface area contributed by atoms with E-state index in [1.54, 1.807) is 19.1 Å². The standard InChI is InChI=1S/C15H15NO3S/c1-11(17)13-7-8-15(14(9-13)16(18)19)20-10-12-5-3-2-4-6-12/h2-9,11,17H,10H2,1H3/t11-/m0/s1. The summed E-state index contributed by atoms with van der Waals surface area (Å²) in [6.07, 6.45) is -0.707. The Bertz CT molecular complexity index is 599. The molecule has 0 aromatic heterocycles. The Hall–Kier alpha value is -1.85. The fraction of sp³-hybridized carbons (Fsp3) is 0.200. The number of hydrogen-bond donors (Lipinski definition) is 1. The lowest BCUT2D eigenvalue weighted by molar-refractivity contribution is -0.387. The minimum absolute atomic E-state index is 0.0457. The molecule has 0 heterocycles. The first-order chi connectivity index (χ1) is 9.58. The van der Waals surface area contributed by atoms with Crippen molar-refractivity contribution in [3.63, 3.8) is 0 Å². The van der Waals surface area contributed by atoms with Crippen molar-refractivity contribution in [2.45, 2.75) is 23.7 Å². The SMILES string of the molecule is C[C@H](O)c1ccc(SCc2ccccc2)c([N+](=O)[O-])c1. The number of benzene rings is 2. The second-order valence-corrected chi connectivity index (χ2v) is 5.45. The Kier molecular flexibility index (Phi) is 4.76. The molecule has 0 radical (unpaired) electrons. The highest BCUT2D eigenvalue weighted by Crippen LogP contribution is 2.33. The van der Waals surface area contributed by atoms with Crippen LogP contribution >= 0.6 is 11.8 Å². The van der Waals surface area contributed by atoms with E-state index in [0.29, 0.717) is 16.2 Å². The van der Waals surface area contributed by atoms with Crippen molar-refractivity contribution in [2.75, 3.05) is 0 Å². The normalized spacial score (nSPS) is 12.1. The van der Waals surface area contributed by atoms with E-state index < -0.39 is 11.0 Å². The zero-order valence-corrected chi connectivity index (χ0v) is 11.8. The van der Waals surface area contributed by atoms with E-state index in [1.807, 2.05) is 30.3 Å². The fourth-order valence-corrected chi connectivity index (χ4v) is 2.75. The maximum Gasteiger partial charge on any atom is 0.283 e. The van der Waals surface area contributed by atoms with Crippen molar-refractivity contribution in [2.24, 2.45) is 0 Å². The molecule has 4 nitrogen and oxygen atoms in total. The maximum atomic E-state index is 11.1. The van der Waals surface area contributed by atoms with Crippen LogP contribution in [0.4, 0.5) is 5.69 Å². The monoisotopic (exact) mass is 289 g/mol. The third kappa shape index (κ3) is 3.59. The molecule has 0 aliphatic rings. The van der Waals surface area contributed by atoms with Gasteiger partial charge in [0.1, 0.15) is 0 Å². The third-order valence-corrected chi connectivity index (χ3v) is 4.03. The van der Waals surface area contributed by atoms with Gasteiger partial charge in [0.25, 0.3) is 5.69 Å². The number of rotatable bonds is 5. The van der Waals surface area contributed by atoms with Crippen LogP contribution in [0, 0.1) is 10.1 Å². The predicted octanol–water partition coefficient (Wildman–Crippen LogP) is 3.94. The van der Waals surface area contributed by atoms with Crippen LogP contribution < -0.4 is 0 Å². The summed E-state index contributed by atoms with van der Waals surface area (Å²) in [6, 6.07) is 14.7. The summed E-state index contributed by atoms with van der Waals surface area (Å²) >= 11 is 1.43. The van der Waals surface area contributed by atoms with Gasteiger partial charge in [-0.05, 0) is 24.1 Å². The highest BCUT2D eigenvalue weighted by molar-refractivity contribution is 7.98. The van der Waals surface area contributed by atoms with Crippen LogP contribution in [0.25, 0.3) is 0 Å². The molecule has 0 fully saturated rings. The second kappa shape index (κ2) is 6.54. The minimum atomic E-state index is -0.707. The summed E-state index contributed by atoms with van der Waals surface area (Å²) < 4.78 is 0. The van der Waals surface area contributed by atoms with Gasteiger partial charge in [0.2, 0.25) is 0 Å². The Morgan fingerprint density at radius 1 is 1.25 bits per heavy atom. The van der Waals surface area contributed by atoms with Crippen LogP contribution in [0.5, 0.6) is 0 Å². The lowest BCUT2D eigenvalue weighted by Gasteiger charge is -2.07. The van der Waals surface area contributed by atoms with Gasteiger partial charge in [-0.1, -0.05) is 36.4 Å². The molecule has 0 aliphatic carbocycles. The van der Waals surface area contributed by atoms with Crippen molar-refractivity contribution in [3.8, 4) is 0 Å². The number of aliphatic hydroxyl groups excluding tert-OH is 1. The molecule has 20 heavy (non-hydrogen) atoms. The Morgan fingerprint density at radius 3 is 2.55 bits per heavy atom. The fourth-order valence-electron chi connectivity index (χ4n) is 1.79. The molecule has 2 aromatic carbocycles. The number of nitro groups is 1. The molecule has 0 bridgehead atoms. The van der Waals surface area contributed by atoms with Gasteiger partial charge in [0, 0.05) is 11.8 Å². The average Bonchev–Trinajstić information content (AvgIpc) is 2.45. The van der Waals surface area contributed by atoms with Crippen molar-refractivity contribution in [1.29, 1.82) is 0 Å². The molecule has 0 unspecified atom stereocenters. The van der Waals surface area contributed by atoms with Crippen molar-refractivity contribution >= 4 is 17.4 Å². The number of nitrogens with zero attached hydrogens (tertiary/aromatic N) is 1. The summed E-state index contributed by atoms with van der Waals surface area (Å²) in [4.78, 5) is 11.3. The van der Waals surface area contributed by atoms with Gasteiger partial charge in [-0.3, -0.25) is 10.1 Å². The lowest BCUT2D eigenvalue weighted by atomic mass is 10.1. The van der Waals surface area contributed by atoms with E-state index in [-0.39, 0.29) is 5.69 Å². The zero-order valence-electron chi connectivity index (χ0n) is 11.0. The van der Waals surface area contributed by atoms with E-state index in [0.717, 1.165) is 5.56 Å². The van der Waals surface area contributed by atoms with E-state index in [4.69, 9.17) is 0 Å².